The molecule has 1 saturated heterocycles. The number of anilines is 1. The number of methoxy groups -OCH3 is 1. The second kappa shape index (κ2) is 9.64. The van der Waals surface area contributed by atoms with Crippen LogP contribution in [0.15, 0.2) is 53.2 Å². The first kappa shape index (κ1) is 19.5. The second-order valence-electron chi connectivity index (χ2n) is 6.65. The first-order valence-corrected chi connectivity index (χ1v) is 9.34. The van der Waals surface area contributed by atoms with Crippen molar-refractivity contribution in [3.8, 4) is 5.75 Å². The Bertz CT molecular complexity index is 809. The Labute approximate surface area is 164 Å². The minimum atomic E-state index is -0.260. The zero-order chi connectivity index (χ0) is 19.8. The van der Waals surface area contributed by atoms with Crippen molar-refractivity contribution >= 4 is 23.7 Å². The Balaban J connectivity index is 1.39. The topological polar surface area (TPSA) is 83.8 Å². The molecule has 1 aliphatic rings. The van der Waals surface area contributed by atoms with E-state index < -0.39 is 0 Å². The monoisotopic (exact) mass is 383 g/mol. The van der Waals surface area contributed by atoms with Crippen molar-refractivity contribution in [2.24, 2.45) is 5.92 Å². The first-order chi connectivity index (χ1) is 13.7. The SMILES string of the molecule is COc1ccccc1NC(=O)NCC1CCN(C(=O)/C=C/c2ccco2)CC1. The standard InChI is InChI=1S/C21H25N3O4/c1-27-19-7-3-2-6-18(19)23-21(26)22-15-16-10-12-24(13-11-16)20(25)9-8-17-5-4-14-28-17/h2-9,14,16H,10-13,15H2,1H3,(H2,22,23,26)/b9-8+. The maximum atomic E-state index is 12.2. The molecule has 3 rings (SSSR count). The molecule has 3 amide bonds. The lowest BCUT2D eigenvalue weighted by atomic mass is 9.97. The van der Waals surface area contributed by atoms with Gasteiger partial charge >= 0.3 is 6.03 Å². The van der Waals surface area contributed by atoms with Crippen LogP contribution in [0.25, 0.3) is 6.08 Å². The number of urea groups is 1. The van der Waals surface area contributed by atoms with Crippen LogP contribution in [0.4, 0.5) is 10.5 Å². The predicted molar refractivity (Wildman–Crippen MR) is 107 cm³/mol. The Morgan fingerprint density at radius 1 is 1.21 bits per heavy atom. The highest BCUT2D eigenvalue weighted by Crippen LogP contribution is 2.23. The molecule has 2 heterocycles. The molecule has 0 unspecified atom stereocenters. The van der Waals surface area contributed by atoms with E-state index in [4.69, 9.17) is 9.15 Å². The molecule has 0 aliphatic carbocycles. The normalized spacial score (nSPS) is 14.8. The van der Waals surface area contributed by atoms with Crippen LogP contribution in [0, 0.1) is 5.92 Å². The summed E-state index contributed by atoms with van der Waals surface area (Å²) in [6.45, 7) is 1.94. The lowest BCUT2D eigenvalue weighted by Crippen LogP contribution is -2.41. The molecular formula is C21H25N3O4. The molecule has 28 heavy (non-hydrogen) atoms. The van der Waals surface area contributed by atoms with E-state index in [9.17, 15) is 9.59 Å². The molecule has 148 valence electrons. The minimum absolute atomic E-state index is 0.0169. The van der Waals surface area contributed by atoms with Crippen LogP contribution in [0.1, 0.15) is 18.6 Å². The van der Waals surface area contributed by atoms with Gasteiger partial charge in [0, 0.05) is 25.7 Å². The summed E-state index contributed by atoms with van der Waals surface area (Å²) in [5.41, 5.74) is 0.631. The van der Waals surface area contributed by atoms with E-state index in [-0.39, 0.29) is 11.9 Å². The zero-order valence-electron chi connectivity index (χ0n) is 15.9. The summed E-state index contributed by atoms with van der Waals surface area (Å²) in [5, 5.41) is 5.71. The van der Waals surface area contributed by atoms with E-state index in [2.05, 4.69) is 10.6 Å². The molecule has 7 heteroatoms. The van der Waals surface area contributed by atoms with Crippen LogP contribution in [0.2, 0.25) is 0 Å². The van der Waals surface area contributed by atoms with E-state index >= 15 is 0 Å². The van der Waals surface area contributed by atoms with Gasteiger partial charge in [0.1, 0.15) is 11.5 Å². The number of likely N-dealkylation sites (tertiary alicyclic amines) is 1. The van der Waals surface area contributed by atoms with Gasteiger partial charge in [0.05, 0.1) is 19.1 Å². The van der Waals surface area contributed by atoms with Crippen LogP contribution in [0.5, 0.6) is 5.75 Å². The van der Waals surface area contributed by atoms with Crippen LogP contribution in [-0.2, 0) is 4.79 Å². The third-order valence-corrected chi connectivity index (χ3v) is 4.77. The highest BCUT2D eigenvalue weighted by molar-refractivity contribution is 5.91. The van der Waals surface area contributed by atoms with Crippen molar-refractivity contribution in [3.05, 3.63) is 54.5 Å². The van der Waals surface area contributed by atoms with Crippen LogP contribution < -0.4 is 15.4 Å². The molecule has 0 saturated carbocycles. The number of nitrogens with zero attached hydrogens (tertiary/aromatic N) is 1. The number of ether oxygens (including phenoxy) is 1. The third-order valence-electron chi connectivity index (χ3n) is 4.77. The van der Waals surface area contributed by atoms with Gasteiger partial charge in [0.15, 0.2) is 0 Å². The number of carbonyl (C=O) groups excluding carboxylic acids is 2. The predicted octanol–water partition coefficient (Wildman–Crippen LogP) is 3.36. The van der Waals surface area contributed by atoms with E-state index in [1.807, 2.05) is 17.0 Å². The minimum Gasteiger partial charge on any atom is -0.495 e. The Kier molecular flexibility index (Phi) is 6.73. The van der Waals surface area contributed by atoms with Gasteiger partial charge in [-0.2, -0.15) is 0 Å². The number of para-hydroxylation sites is 2. The Hall–Kier alpha value is -3.22. The Morgan fingerprint density at radius 2 is 2.00 bits per heavy atom. The zero-order valence-corrected chi connectivity index (χ0v) is 15.9. The number of amides is 3. The summed E-state index contributed by atoms with van der Waals surface area (Å²) in [4.78, 5) is 26.2. The number of furan rings is 1. The third kappa shape index (κ3) is 5.39. The van der Waals surface area contributed by atoms with E-state index in [1.165, 1.54) is 6.08 Å². The number of piperidine rings is 1. The highest BCUT2D eigenvalue weighted by atomic mass is 16.5. The lowest BCUT2D eigenvalue weighted by Gasteiger charge is -2.31. The fraction of sp³-hybridized carbons (Fsp3) is 0.333. The van der Waals surface area contributed by atoms with Crippen molar-refractivity contribution in [2.45, 2.75) is 12.8 Å². The summed E-state index contributed by atoms with van der Waals surface area (Å²) in [6.07, 6.45) is 6.51. The largest absolute Gasteiger partial charge is 0.495 e. The molecule has 0 spiro atoms. The quantitative estimate of drug-likeness (QED) is 0.749. The molecule has 1 aromatic carbocycles. The van der Waals surface area contributed by atoms with Gasteiger partial charge in [-0.3, -0.25) is 4.79 Å². The highest BCUT2D eigenvalue weighted by Gasteiger charge is 2.22. The van der Waals surface area contributed by atoms with Gasteiger partial charge in [-0.25, -0.2) is 4.79 Å². The van der Waals surface area contributed by atoms with Crippen LogP contribution >= 0.6 is 0 Å². The molecule has 0 bridgehead atoms. The molecule has 1 aliphatic heterocycles. The van der Waals surface area contributed by atoms with Gasteiger partial charge in [-0.1, -0.05) is 12.1 Å². The average Bonchev–Trinajstić information content (AvgIpc) is 3.25. The van der Waals surface area contributed by atoms with E-state index in [0.29, 0.717) is 42.7 Å². The van der Waals surface area contributed by atoms with Crippen LogP contribution in [0.3, 0.4) is 0 Å². The average molecular weight is 383 g/mol. The number of carbonyl (C=O) groups is 2. The molecule has 7 nitrogen and oxygen atoms in total. The number of nitrogens with one attached hydrogen (secondary N) is 2. The van der Waals surface area contributed by atoms with Crippen LogP contribution in [-0.4, -0.2) is 43.6 Å². The Morgan fingerprint density at radius 3 is 2.71 bits per heavy atom. The summed E-state index contributed by atoms with van der Waals surface area (Å²) in [5.74, 6) is 1.61. The maximum absolute atomic E-state index is 12.2. The van der Waals surface area contributed by atoms with E-state index in [1.54, 1.807) is 43.7 Å². The van der Waals surface area contributed by atoms with Crippen molar-refractivity contribution in [1.29, 1.82) is 0 Å². The molecule has 1 fully saturated rings. The second-order valence-corrected chi connectivity index (χ2v) is 6.65. The van der Waals surface area contributed by atoms with Gasteiger partial charge in [0.2, 0.25) is 5.91 Å². The van der Waals surface area contributed by atoms with Crippen molar-refractivity contribution in [1.82, 2.24) is 10.2 Å². The smallest absolute Gasteiger partial charge is 0.319 e. The summed E-state index contributed by atoms with van der Waals surface area (Å²) in [7, 11) is 1.57. The fourth-order valence-electron chi connectivity index (χ4n) is 3.15. The summed E-state index contributed by atoms with van der Waals surface area (Å²) < 4.78 is 10.4. The van der Waals surface area contributed by atoms with Gasteiger partial charge in [-0.05, 0) is 49.1 Å². The van der Waals surface area contributed by atoms with Gasteiger partial charge in [-0.15, -0.1) is 0 Å². The molecule has 1 aromatic heterocycles. The fourth-order valence-corrected chi connectivity index (χ4v) is 3.15. The lowest BCUT2D eigenvalue weighted by molar-refractivity contribution is -0.127. The van der Waals surface area contributed by atoms with Crippen molar-refractivity contribution < 1.29 is 18.7 Å². The molecule has 2 aromatic rings. The van der Waals surface area contributed by atoms with Crippen molar-refractivity contribution in [3.63, 3.8) is 0 Å². The van der Waals surface area contributed by atoms with Crippen molar-refractivity contribution in [2.75, 3.05) is 32.1 Å². The number of benzene rings is 1. The summed E-state index contributed by atoms with van der Waals surface area (Å²) in [6, 6.07) is 10.6. The van der Waals surface area contributed by atoms with Gasteiger partial charge in [0.25, 0.3) is 0 Å². The molecule has 2 N–H and O–H groups in total. The maximum Gasteiger partial charge on any atom is 0.319 e. The molecule has 0 atom stereocenters. The molecule has 0 radical (unpaired) electrons. The number of rotatable bonds is 6. The first-order valence-electron chi connectivity index (χ1n) is 9.34. The number of hydrogen-bond donors (Lipinski definition) is 2. The molecular weight excluding hydrogens is 358 g/mol. The van der Waals surface area contributed by atoms with E-state index in [0.717, 1.165) is 12.8 Å². The van der Waals surface area contributed by atoms with Gasteiger partial charge < -0.3 is 24.7 Å². The summed E-state index contributed by atoms with van der Waals surface area (Å²) >= 11 is 0. The number of hydrogen-bond acceptors (Lipinski definition) is 4.